The second-order valence-corrected chi connectivity index (χ2v) is 9.04. The van der Waals surface area contributed by atoms with Crippen molar-refractivity contribution in [2.45, 2.75) is 44.2 Å². The van der Waals surface area contributed by atoms with Crippen molar-refractivity contribution >= 4 is 29.1 Å². The van der Waals surface area contributed by atoms with Crippen molar-refractivity contribution in [1.29, 1.82) is 0 Å². The van der Waals surface area contributed by atoms with Crippen molar-refractivity contribution in [2.24, 2.45) is 0 Å². The first kappa shape index (κ1) is 25.4. The van der Waals surface area contributed by atoms with Crippen molar-refractivity contribution in [3.05, 3.63) is 77.3 Å². The maximum Gasteiger partial charge on any atom is 0.279 e. The minimum absolute atomic E-state index is 0.0487. The van der Waals surface area contributed by atoms with Gasteiger partial charge in [0.1, 0.15) is 11.7 Å². The fourth-order valence-electron chi connectivity index (χ4n) is 4.49. The molecule has 4 rings (SSSR count). The summed E-state index contributed by atoms with van der Waals surface area (Å²) in [6.45, 7) is 0. The summed E-state index contributed by atoms with van der Waals surface area (Å²) in [5.74, 6) is 0.213. The lowest BCUT2D eigenvalue weighted by Gasteiger charge is -2.33. The van der Waals surface area contributed by atoms with Crippen LogP contribution in [0.4, 0.5) is 5.69 Å². The summed E-state index contributed by atoms with van der Waals surface area (Å²) in [6, 6.07) is 11.0. The molecule has 1 aliphatic rings. The minimum atomic E-state index is -1.01. The van der Waals surface area contributed by atoms with Crippen LogP contribution in [0.3, 0.4) is 0 Å². The van der Waals surface area contributed by atoms with E-state index >= 15 is 0 Å². The number of carbonyl (C=O) groups is 2. The quantitative estimate of drug-likeness (QED) is 0.461. The van der Waals surface area contributed by atoms with E-state index in [0.29, 0.717) is 27.8 Å². The number of hydrogen-bond donors (Lipinski definition) is 1. The van der Waals surface area contributed by atoms with E-state index in [9.17, 15) is 9.59 Å². The van der Waals surface area contributed by atoms with E-state index in [-0.39, 0.29) is 17.6 Å². The van der Waals surface area contributed by atoms with Crippen LogP contribution in [0.5, 0.6) is 11.5 Å². The Balaban J connectivity index is 1.84. The number of rotatable bonds is 8. The van der Waals surface area contributed by atoms with Crippen LogP contribution in [0.2, 0.25) is 5.02 Å². The molecule has 0 saturated heterocycles. The zero-order chi connectivity index (χ0) is 25.5. The Labute approximate surface area is 215 Å². The Kier molecular flexibility index (Phi) is 8.38. The van der Waals surface area contributed by atoms with E-state index in [1.54, 1.807) is 49.6 Å². The van der Waals surface area contributed by atoms with Gasteiger partial charge in [0.15, 0.2) is 11.5 Å². The van der Waals surface area contributed by atoms with E-state index < -0.39 is 11.9 Å². The molecule has 0 unspecified atom stereocenters. The molecule has 8 nitrogen and oxygen atoms in total. The Morgan fingerprint density at radius 1 is 1.00 bits per heavy atom. The minimum Gasteiger partial charge on any atom is -0.493 e. The van der Waals surface area contributed by atoms with E-state index in [4.69, 9.17) is 21.1 Å². The van der Waals surface area contributed by atoms with Crippen LogP contribution in [-0.2, 0) is 4.79 Å². The number of methoxy groups -OCH3 is 2. The van der Waals surface area contributed by atoms with E-state index in [1.165, 1.54) is 30.6 Å². The van der Waals surface area contributed by atoms with Crippen molar-refractivity contribution < 1.29 is 19.1 Å². The summed E-state index contributed by atoms with van der Waals surface area (Å²) >= 11 is 6.14. The smallest absolute Gasteiger partial charge is 0.279 e. The Morgan fingerprint density at radius 2 is 1.72 bits per heavy atom. The largest absolute Gasteiger partial charge is 0.493 e. The molecule has 1 fully saturated rings. The first-order chi connectivity index (χ1) is 17.5. The lowest BCUT2D eigenvalue weighted by atomic mass is 9.94. The Hall–Kier alpha value is -3.65. The number of ether oxygens (including phenoxy) is 2. The lowest BCUT2D eigenvalue weighted by Crippen LogP contribution is -2.47. The highest BCUT2D eigenvalue weighted by atomic mass is 35.5. The summed E-state index contributed by atoms with van der Waals surface area (Å²) in [5.41, 5.74) is 1.17. The lowest BCUT2D eigenvalue weighted by molar-refractivity contribution is -0.123. The van der Waals surface area contributed by atoms with Crippen LogP contribution < -0.4 is 19.7 Å². The fraction of sp³-hybridized carbons (Fsp3) is 0.333. The van der Waals surface area contributed by atoms with Crippen molar-refractivity contribution in [1.82, 2.24) is 15.3 Å². The zero-order valence-electron chi connectivity index (χ0n) is 20.3. The highest BCUT2D eigenvalue weighted by Crippen LogP contribution is 2.35. The van der Waals surface area contributed by atoms with Crippen LogP contribution in [-0.4, -0.2) is 42.0 Å². The predicted molar refractivity (Wildman–Crippen MR) is 138 cm³/mol. The molecule has 0 aliphatic heterocycles. The molecule has 2 amide bonds. The highest BCUT2D eigenvalue weighted by Gasteiger charge is 2.35. The van der Waals surface area contributed by atoms with Crippen LogP contribution in [0.15, 0.2) is 61.1 Å². The molecule has 1 heterocycles. The summed E-state index contributed by atoms with van der Waals surface area (Å²) in [7, 11) is 3.07. The molecule has 1 aliphatic carbocycles. The zero-order valence-corrected chi connectivity index (χ0v) is 21.1. The number of halogens is 1. The monoisotopic (exact) mass is 508 g/mol. The number of hydrogen-bond acceptors (Lipinski definition) is 6. The molecular weight excluding hydrogens is 480 g/mol. The van der Waals surface area contributed by atoms with Crippen LogP contribution >= 0.6 is 11.6 Å². The predicted octanol–water partition coefficient (Wildman–Crippen LogP) is 4.98. The van der Waals surface area contributed by atoms with Gasteiger partial charge in [-0.05, 0) is 54.8 Å². The van der Waals surface area contributed by atoms with Gasteiger partial charge in [-0.3, -0.25) is 19.5 Å². The van der Waals surface area contributed by atoms with Crippen LogP contribution in [0.25, 0.3) is 0 Å². The molecule has 0 bridgehead atoms. The first-order valence-corrected chi connectivity index (χ1v) is 12.3. The second kappa shape index (κ2) is 11.9. The molecule has 3 aromatic rings. The molecule has 188 valence electrons. The number of benzene rings is 2. The highest BCUT2D eigenvalue weighted by molar-refractivity contribution is 6.30. The number of aromatic nitrogens is 2. The Bertz CT molecular complexity index is 1180. The molecule has 9 heteroatoms. The number of anilines is 1. The fourth-order valence-corrected chi connectivity index (χ4v) is 4.61. The summed E-state index contributed by atoms with van der Waals surface area (Å²) in [6.07, 6.45) is 9.42. The number of nitrogens with zero attached hydrogens (tertiary/aromatic N) is 3. The maximum absolute atomic E-state index is 13.9. The van der Waals surface area contributed by atoms with Gasteiger partial charge in [-0.2, -0.15) is 0 Å². The van der Waals surface area contributed by atoms with Crippen molar-refractivity contribution in [3.63, 3.8) is 0 Å². The molecule has 0 radical (unpaired) electrons. The van der Waals surface area contributed by atoms with Gasteiger partial charge in [-0.1, -0.05) is 36.9 Å². The van der Waals surface area contributed by atoms with Gasteiger partial charge in [-0.25, -0.2) is 4.98 Å². The van der Waals surface area contributed by atoms with Gasteiger partial charge in [-0.15, -0.1) is 0 Å². The van der Waals surface area contributed by atoms with E-state index in [0.717, 1.165) is 32.1 Å². The third kappa shape index (κ3) is 5.76. The summed E-state index contributed by atoms with van der Waals surface area (Å²) < 4.78 is 10.9. The summed E-state index contributed by atoms with van der Waals surface area (Å²) in [5, 5.41) is 3.70. The molecule has 36 heavy (non-hydrogen) atoms. The molecule has 0 spiro atoms. The average Bonchev–Trinajstić information content (AvgIpc) is 2.92. The topological polar surface area (TPSA) is 93.7 Å². The molecular formula is C27H29ClN4O4. The van der Waals surface area contributed by atoms with Gasteiger partial charge >= 0.3 is 0 Å². The normalized spacial score (nSPS) is 14.5. The van der Waals surface area contributed by atoms with Crippen molar-refractivity contribution in [3.8, 4) is 11.5 Å². The van der Waals surface area contributed by atoms with Crippen LogP contribution in [0.1, 0.15) is 54.2 Å². The number of amides is 2. The van der Waals surface area contributed by atoms with E-state index in [1.807, 2.05) is 0 Å². The third-order valence-corrected chi connectivity index (χ3v) is 6.54. The van der Waals surface area contributed by atoms with Gasteiger partial charge < -0.3 is 14.8 Å². The Morgan fingerprint density at radius 3 is 2.36 bits per heavy atom. The third-order valence-electron chi connectivity index (χ3n) is 6.29. The molecule has 1 N–H and O–H groups in total. The number of nitrogens with one attached hydrogen (secondary N) is 1. The second-order valence-electron chi connectivity index (χ2n) is 8.60. The van der Waals surface area contributed by atoms with Gasteiger partial charge in [0.05, 0.1) is 20.4 Å². The molecule has 2 aromatic carbocycles. The SMILES string of the molecule is COc1ccc([C@H](C(=O)NC2CCCCC2)N(C(=O)c2cnccn2)c2ccc(Cl)cc2)cc1OC. The summed E-state index contributed by atoms with van der Waals surface area (Å²) in [4.78, 5) is 37.5. The first-order valence-electron chi connectivity index (χ1n) is 11.9. The molecule has 1 atom stereocenters. The average molecular weight is 509 g/mol. The molecule has 1 aromatic heterocycles. The number of carbonyl (C=O) groups excluding carboxylic acids is 2. The van der Waals surface area contributed by atoms with Crippen molar-refractivity contribution in [2.75, 3.05) is 19.1 Å². The standard InChI is InChI=1S/C27H29ClN4O4/c1-35-23-13-8-18(16-24(23)36-2)25(26(33)31-20-6-4-3-5-7-20)32(21-11-9-19(28)10-12-21)27(34)22-17-29-14-15-30-22/h8-17,20,25H,3-7H2,1-2H3,(H,31,33)/t25-/m1/s1. The van der Waals surface area contributed by atoms with E-state index in [2.05, 4.69) is 15.3 Å². The van der Waals surface area contributed by atoms with Gasteiger partial charge in [0, 0.05) is 29.1 Å². The maximum atomic E-state index is 13.9. The van der Waals surface area contributed by atoms with Gasteiger partial charge in [0.25, 0.3) is 5.91 Å². The molecule has 1 saturated carbocycles. The van der Waals surface area contributed by atoms with Gasteiger partial charge in [0.2, 0.25) is 5.91 Å². The van der Waals surface area contributed by atoms with Crippen LogP contribution in [0, 0.1) is 0 Å².